The van der Waals surface area contributed by atoms with E-state index in [9.17, 15) is 32.7 Å². The summed E-state index contributed by atoms with van der Waals surface area (Å²) >= 11 is 0. The molecule has 1 atom stereocenters. The Morgan fingerprint density at radius 1 is 0.956 bits per heavy atom. The van der Waals surface area contributed by atoms with E-state index in [1.54, 1.807) is 41.3 Å². The van der Waals surface area contributed by atoms with Crippen LogP contribution in [-0.4, -0.2) is 53.5 Å². The third-order valence-electron chi connectivity index (χ3n) is 8.59. The maximum absolute atomic E-state index is 13.9. The summed E-state index contributed by atoms with van der Waals surface area (Å²) in [7, 11) is 1.54. The molecule has 1 saturated heterocycles. The molecule has 0 aromatic heterocycles. The molecule has 234 valence electrons. The minimum absolute atomic E-state index is 0.0348. The molecule has 8 nitrogen and oxygen atoms in total. The zero-order valence-corrected chi connectivity index (χ0v) is 24.7. The standard InChI is InChI=1S/C34H33F3N4O4/c1-39-30(42)25-7-3-6-24(17-25)23-5-2-4-21(16-23)19-33(45,27-12-14-41(15-13-27)31(43)22-8-9-22)32(44)40-28-11-10-26(20-38)29(18-28)34(35,36)37/h2-7,10-11,16-18,22,27,45H,8-9,12-15,19H2,1H3,(H,39,42)(H,40,44). The molecule has 0 spiro atoms. The first kappa shape index (κ1) is 31.7. The molecule has 1 unspecified atom stereocenters. The van der Waals surface area contributed by atoms with Crippen LogP contribution in [0.15, 0.2) is 66.7 Å². The lowest BCUT2D eigenvalue weighted by Gasteiger charge is -2.41. The second kappa shape index (κ2) is 12.7. The summed E-state index contributed by atoms with van der Waals surface area (Å²) in [4.78, 5) is 40.4. The zero-order valence-electron chi connectivity index (χ0n) is 24.7. The van der Waals surface area contributed by atoms with Crippen molar-refractivity contribution in [2.24, 2.45) is 11.8 Å². The van der Waals surface area contributed by atoms with E-state index in [-0.39, 0.29) is 29.8 Å². The van der Waals surface area contributed by atoms with Gasteiger partial charge in [0.25, 0.3) is 11.8 Å². The second-order valence-corrected chi connectivity index (χ2v) is 11.7. The first-order valence-electron chi connectivity index (χ1n) is 14.8. The number of piperidine rings is 1. The van der Waals surface area contributed by atoms with Gasteiger partial charge < -0.3 is 20.6 Å². The molecular formula is C34H33F3N4O4. The fourth-order valence-corrected chi connectivity index (χ4v) is 5.93. The van der Waals surface area contributed by atoms with Gasteiger partial charge in [0, 0.05) is 49.6 Å². The number of rotatable bonds is 8. The lowest BCUT2D eigenvalue weighted by Crippen LogP contribution is -2.54. The van der Waals surface area contributed by atoms with Gasteiger partial charge in [-0.1, -0.05) is 36.4 Å². The van der Waals surface area contributed by atoms with Gasteiger partial charge in [0.1, 0.15) is 5.60 Å². The molecule has 2 fully saturated rings. The molecule has 1 heterocycles. The molecule has 3 aromatic carbocycles. The van der Waals surface area contributed by atoms with E-state index in [1.807, 2.05) is 12.1 Å². The molecule has 1 aliphatic heterocycles. The monoisotopic (exact) mass is 618 g/mol. The second-order valence-electron chi connectivity index (χ2n) is 11.7. The van der Waals surface area contributed by atoms with Crippen LogP contribution >= 0.6 is 0 Å². The van der Waals surface area contributed by atoms with E-state index < -0.39 is 34.7 Å². The lowest BCUT2D eigenvalue weighted by atomic mass is 9.75. The van der Waals surface area contributed by atoms with Gasteiger partial charge in [-0.3, -0.25) is 14.4 Å². The summed E-state index contributed by atoms with van der Waals surface area (Å²) in [5.74, 6) is -1.61. The van der Waals surface area contributed by atoms with E-state index in [2.05, 4.69) is 10.6 Å². The van der Waals surface area contributed by atoms with Crippen molar-refractivity contribution in [1.29, 1.82) is 5.26 Å². The average Bonchev–Trinajstić information content (AvgIpc) is 3.89. The fourth-order valence-electron chi connectivity index (χ4n) is 5.93. The number of alkyl halides is 3. The topological polar surface area (TPSA) is 123 Å². The third-order valence-corrected chi connectivity index (χ3v) is 8.59. The molecule has 2 aliphatic rings. The highest BCUT2D eigenvalue weighted by molar-refractivity contribution is 5.98. The molecule has 3 amide bonds. The van der Waals surface area contributed by atoms with Crippen molar-refractivity contribution in [3.63, 3.8) is 0 Å². The van der Waals surface area contributed by atoms with Crippen molar-refractivity contribution in [3.05, 3.63) is 89.0 Å². The number of nitrogens with zero attached hydrogens (tertiary/aromatic N) is 2. The number of hydrogen-bond acceptors (Lipinski definition) is 5. The van der Waals surface area contributed by atoms with Gasteiger partial charge in [0.2, 0.25) is 5.91 Å². The SMILES string of the molecule is CNC(=O)c1cccc(-c2cccc(CC(O)(C(=O)Nc3ccc(C#N)c(C(F)(F)F)c3)C3CCN(C(=O)C4CC4)CC3)c2)c1. The number of carbonyl (C=O) groups excluding carboxylic acids is 3. The predicted molar refractivity (Wildman–Crippen MR) is 161 cm³/mol. The maximum atomic E-state index is 13.9. The molecule has 1 saturated carbocycles. The molecule has 5 rings (SSSR count). The summed E-state index contributed by atoms with van der Waals surface area (Å²) < 4.78 is 40.9. The molecule has 3 N–H and O–H groups in total. The number of amides is 3. The van der Waals surface area contributed by atoms with E-state index in [0.29, 0.717) is 43.1 Å². The quantitative estimate of drug-likeness (QED) is 0.322. The number of nitriles is 1. The van der Waals surface area contributed by atoms with E-state index in [1.165, 1.54) is 19.2 Å². The average molecular weight is 619 g/mol. The lowest BCUT2D eigenvalue weighted by molar-refractivity contribution is -0.145. The first-order valence-corrected chi connectivity index (χ1v) is 14.8. The Hall–Kier alpha value is -4.69. The van der Waals surface area contributed by atoms with Gasteiger partial charge in [0.05, 0.1) is 17.2 Å². The number of hydrogen-bond donors (Lipinski definition) is 3. The highest BCUT2D eigenvalue weighted by Crippen LogP contribution is 2.38. The van der Waals surface area contributed by atoms with Crippen molar-refractivity contribution < 1.29 is 32.7 Å². The van der Waals surface area contributed by atoms with Crippen molar-refractivity contribution in [3.8, 4) is 17.2 Å². The van der Waals surface area contributed by atoms with Crippen LogP contribution in [0.5, 0.6) is 0 Å². The van der Waals surface area contributed by atoms with Crippen molar-refractivity contribution in [1.82, 2.24) is 10.2 Å². The number of halogens is 3. The molecule has 11 heteroatoms. The number of carbonyl (C=O) groups is 3. The van der Waals surface area contributed by atoms with Gasteiger partial charge >= 0.3 is 6.18 Å². The smallest absolute Gasteiger partial charge is 0.379 e. The highest BCUT2D eigenvalue weighted by atomic mass is 19.4. The number of likely N-dealkylation sites (tertiary alicyclic amines) is 1. The molecule has 3 aromatic rings. The Bertz CT molecular complexity index is 1660. The van der Waals surface area contributed by atoms with Crippen LogP contribution in [-0.2, 0) is 22.2 Å². The largest absolute Gasteiger partial charge is 0.417 e. The minimum Gasteiger partial charge on any atom is -0.379 e. The normalized spacial score (nSPS) is 16.8. The van der Waals surface area contributed by atoms with E-state index >= 15 is 0 Å². The van der Waals surface area contributed by atoms with Crippen LogP contribution in [0.25, 0.3) is 11.1 Å². The van der Waals surface area contributed by atoms with Gasteiger partial charge in [-0.05, 0) is 72.7 Å². The van der Waals surface area contributed by atoms with Crippen LogP contribution in [0, 0.1) is 23.2 Å². The van der Waals surface area contributed by atoms with Gasteiger partial charge in [-0.2, -0.15) is 18.4 Å². The molecule has 45 heavy (non-hydrogen) atoms. The predicted octanol–water partition coefficient (Wildman–Crippen LogP) is 5.16. The Balaban J connectivity index is 1.44. The summed E-state index contributed by atoms with van der Waals surface area (Å²) in [6.07, 6.45) is -2.59. The van der Waals surface area contributed by atoms with Crippen LogP contribution in [0.4, 0.5) is 18.9 Å². The van der Waals surface area contributed by atoms with Crippen LogP contribution in [0.3, 0.4) is 0 Å². The van der Waals surface area contributed by atoms with Crippen molar-refractivity contribution in [2.75, 3.05) is 25.5 Å². The Morgan fingerprint density at radius 3 is 2.24 bits per heavy atom. The number of anilines is 1. The van der Waals surface area contributed by atoms with Crippen LogP contribution in [0.1, 0.15) is 52.7 Å². The number of aliphatic hydroxyl groups is 1. The van der Waals surface area contributed by atoms with E-state index in [0.717, 1.165) is 30.0 Å². The summed E-state index contributed by atoms with van der Waals surface area (Å²) in [6, 6.07) is 18.5. The molecule has 1 aliphatic carbocycles. The summed E-state index contributed by atoms with van der Waals surface area (Å²) in [6.45, 7) is 0.716. The number of benzene rings is 3. The highest BCUT2D eigenvalue weighted by Gasteiger charge is 2.46. The zero-order chi connectivity index (χ0) is 32.4. The van der Waals surface area contributed by atoms with E-state index in [4.69, 9.17) is 5.26 Å². The molecule has 0 radical (unpaired) electrons. The molecular weight excluding hydrogens is 585 g/mol. The minimum atomic E-state index is -4.82. The Labute approximate surface area is 258 Å². The van der Waals surface area contributed by atoms with Gasteiger partial charge in [0.15, 0.2) is 0 Å². The third kappa shape index (κ3) is 7.02. The Kier molecular flexibility index (Phi) is 8.98. The Morgan fingerprint density at radius 2 is 1.62 bits per heavy atom. The maximum Gasteiger partial charge on any atom is 0.417 e. The van der Waals surface area contributed by atoms with Crippen molar-refractivity contribution >= 4 is 23.4 Å². The van der Waals surface area contributed by atoms with Crippen LogP contribution < -0.4 is 10.6 Å². The first-order chi connectivity index (χ1) is 21.4. The fraction of sp³-hybridized carbons (Fsp3) is 0.353. The molecule has 0 bridgehead atoms. The number of nitrogens with one attached hydrogen (secondary N) is 2. The van der Waals surface area contributed by atoms with Gasteiger partial charge in [-0.15, -0.1) is 0 Å². The van der Waals surface area contributed by atoms with Gasteiger partial charge in [-0.25, -0.2) is 0 Å². The van der Waals surface area contributed by atoms with Crippen molar-refractivity contribution in [2.45, 2.75) is 43.9 Å². The summed E-state index contributed by atoms with van der Waals surface area (Å²) in [5, 5.41) is 26.4. The van der Waals surface area contributed by atoms with Crippen LogP contribution in [0.2, 0.25) is 0 Å². The summed E-state index contributed by atoms with van der Waals surface area (Å²) in [5.41, 5.74) is -1.46.